The van der Waals surface area contributed by atoms with Gasteiger partial charge in [0.05, 0.1) is 0 Å². The Morgan fingerprint density at radius 1 is 0.690 bits per heavy atom. The Kier molecular flexibility index (Phi) is 10.1. The lowest BCUT2D eigenvalue weighted by Crippen LogP contribution is -2.42. The van der Waals surface area contributed by atoms with E-state index in [2.05, 4.69) is 84.0 Å². The maximum atomic E-state index is 13.1. The molecule has 0 saturated heterocycles. The minimum absolute atomic E-state index is 0.0709. The highest BCUT2D eigenvalue weighted by Crippen LogP contribution is 2.33. The van der Waals surface area contributed by atoms with Gasteiger partial charge in [0.25, 0.3) is 5.91 Å². The Bertz CT molecular complexity index is 1430. The fourth-order valence-corrected chi connectivity index (χ4v) is 5.24. The number of carbonyl (C=O) groups excluding carboxylic acids is 1. The summed E-state index contributed by atoms with van der Waals surface area (Å²) >= 11 is 0. The van der Waals surface area contributed by atoms with Crippen LogP contribution >= 0.6 is 0 Å². The number of carbonyl (C=O) groups is 1. The summed E-state index contributed by atoms with van der Waals surface area (Å²) in [5, 5.41) is 0. The molecular weight excluding hydrogens is 520 g/mol. The highest BCUT2D eigenvalue weighted by Gasteiger charge is 2.25. The van der Waals surface area contributed by atoms with Gasteiger partial charge in [-0.3, -0.25) is 4.79 Å². The van der Waals surface area contributed by atoms with Gasteiger partial charge in [-0.25, -0.2) is 0 Å². The maximum absolute atomic E-state index is 13.1. The predicted octanol–water partition coefficient (Wildman–Crippen LogP) is 7.89. The van der Waals surface area contributed by atoms with Gasteiger partial charge in [0.15, 0.2) is 0 Å². The van der Waals surface area contributed by atoms with E-state index in [0.29, 0.717) is 19.8 Å². The molecule has 220 valence electrons. The van der Waals surface area contributed by atoms with Crippen LogP contribution < -0.4 is 15.2 Å². The molecule has 0 aliphatic rings. The first-order valence-electron chi connectivity index (χ1n) is 14.7. The van der Waals surface area contributed by atoms with E-state index in [-0.39, 0.29) is 23.4 Å². The fraction of sp³-hybridized carbons (Fsp3) is 0.324. The molecule has 0 aliphatic heterocycles. The Morgan fingerprint density at radius 3 is 1.60 bits per heavy atom. The number of ether oxygens (including phenoxy) is 2. The Balaban J connectivity index is 1.35. The van der Waals surface area contributed by atoms with Crippen LogP contribution in [0.1, 0.15) is 79.7 Å². The minimum Gasteiger partial charge on any atom is -0.489 e. The largest absolute Gasteiger partial charge is 0.489 e. The van der Waals surface area contributed by atoms with Gasteiger partial charge in [-0.2, -0.15) is 0 Å². The Labute approximate surface area is 251 Å². The summed E-state index contributed by atoms with van der Waals surface area (Å²) in [6, 6.07) is 32.8. The van der Waals surface area contributed by atoms with E-state index in [4.69, 9.17) is 15.2 Å². The molecule has 1 amide bonds. The summed E-state index contributed by atoms with van der Waals surface area (Å²) in [6.45, 7) is 14.1. The van der Waals surface area contributed by atoms with E-state index < -0.39 is 0 Å². The second-order valence-electron chi connectivity index (χ2n) is 11.9. The van der Waals surface area contributed by atoms with Gasteiger partial charge >= 0.3 is 0 Å². The molecule has 4 aromatic carbocycles. The lowest BCUT2D eigenvalue weighted by atomic mass is 9.78. The van der Waals surface area contributed by atoms with E-state index in [1.165, 1.54) is 5.56 Å². The van der Waals surface area contributed by atoms with Gasteiger partial charge in [-0.05, 0) is 98.0 Å². The van der Waals surface area contributed by atoms with E-state index in [9.17, 15) is 4.79 Å². The van der Waals surface area contributed by atoms with Gasteiger partial charge in [0.2, 0.25) is 0 Å². The zero-order valence-corrected chi connectivity index (χ0v) is 25.8. The van der Waals surface area contributed by atoms with Crippen LogP contribution in [0.15, 0.2) is 97.1 Å². The molecule has 4 rings (SSSR count). The van der Waals surface area contributed by atoms with Gasteiger partial charge in [0, 0.05) is 29.6 Å². The lowest BCUT2D eigenvalue weighted by molar-refractivity contribution is 0.0643. The molecular formula is C37H44N2O3. The van der Waals surface area contributed by atoms with Crippen LogP contribution in [-0.4, -0.2) is 22.9 Å². The number of rotatable bonds is 12. The number of hydrogen-bond acceptors (Lipinski definition) is 4. The lowest BCUT2D eigenvalue weighted by Gasteiger charge is -2.31. The first-order chi connectivity index (χ1) is 20.1. The quantitative estimate of drug-likeness (QED) is 0.190. The first-order valence-corrected chi connectivity index (χ1v) is 14.7. The number of amides is 1. The Hall–Kier alpha value is -4.09. The summed E-state index contributed by atoms with van der Waals surface area (Å²) in [7, 11) is 0. The minimum atomic E-state index is -0.227. The maximum Gasteiger partial charge on any atom is 0.254 e. The third kappa shape index (κ3) is 7.59. The van der Waals surface area contributed by atoms with Crippen LogP contribution in [0, 0.1) is 0 Å². The zero-order valence-electron chi connectivity index (χ0n) is 25.8. The molecule has 5 heteroatoms. The van der Waals surface area contributed by atoms with Gasteiger partial charge in [-0.15, -0.1) is 0 Å². The summed E-state index contributed by atoms with van der Waals surface area (Å²) in [4.78, 5) is 15.0. The molecule has 0 radical (unpaired) electrons. The van der Waals surface area contributed by atoms with Crippen molar-refractivity contribution in [3.05, 3.63) is 130 Å². The number of hydrogen-bond donors (Lipinski definition) is 1. The average Bonchev–Trinajstić information content (AvgIpc) is 2.99. The van der Waals surface area contributed by atoms with Crippen molar-refractivity contribution in [2.24, 2.45) is 5.73 Å². The standard InChI is InChI=1S/C37H44N2O3/c1-26(2)39(27(3)4)36(40)31-12-14-32(15-13-31)37(5,6)33-16-20-35(21-17-33)42-25-30-9-7-8-29(22-30)24-41-34-18-10-28(23-38)11-19-34/h7-22,26-27H,23-25,38H2,1-6H3. The summed E-state index contributed by atoms with van der Waals surface area (Å²) in [5.74, 6) is 1.71. The second-order valence-corrected chi connectivity index (χ2v) is 11.9. The van der Waals surface area contributed by atoms with Gasteiger partial charge in [0.1, 0.15) is 24.7 Å². The van der Waals surface area contributed by atoms with Crippen LogP contribution in [0.5, 0.6) is 11.5 Å². The second kappa shape index (κ2) is 13.7. The van der Waals surface area contributed by atoms with Crippen LogP contribution in [0.4, 0.5) is 0 Å². The van der Waals surface area contributed by atoms with Crippen LogP contribution in [-0.2, 0) is 25.2 Å². The topological polar surface area (TPSA) is 64.8 Å². The summed E-state index contributed by atoms with van der Waals surface area (Å²) in [5.41, 5.74) is 11.8. The van der Waals surface area contributed by atoms with Crippen LogP contribution in [0.2, 0.25) is 0 Å². The summed E-state index contributed by atoms with van der Waals surface area (Å²) in [6.07, 6.45) is 0. The van der Waals surface area contributed by atoms with Crippen molar-refractivity contribution >= 4 is 5.91 Å². The molecule has 0 unspecified atom stereocenters. The molecule has 0 saturated carbocycles. The van der Waals surface area contributed by atoms with Crippen molar-refractivity contribution in [3.63, 3.8) is 0 Å². The van der Waals surface area contributed by atoms with Crippen molar-refractivity contribution in [2.45, 2.75) is 78.8 Å². The van der Waals surface area contributed by atoms with E-state index in [1.54, 1.807) is 0 Å². The molecule has 0 heterocycles. The average molecular weight is 565 g/mol. The van der Waals surface area contributed by atoms with Crippen molar-refractivity contribution in [1.82, 2.24) is 4.90 Å². The number of nitrogens with two attached hydrogens (primary N) is 1. The highest BCUT2D eigenvalue weighted by atomic mass is 16.5. The Morgan fingerprint density at radius 2 is 1.14 bits per heavy atom. The van der Waals surface area contributed by atoms with E-state index in [1.807, 2.05) is 59.5 Å². The SMILES string of the molecule is CC(C)N(C(=O)c1ccc(C(C)(C)c2ccc(OCc3cccc(COc4ccc(CN)cc4)c3)cc2)cc1)C(C)C. The monoisotopic (exact) mass is 564 g/mol. The molecule has 0 bridgehead atoms. The predicted molar refractivity (Wildman–Crippen MR) is 171 cm³/mol. The fourth-order valence-electron chi connectivity index (χ4n) is 5.24. The molecule has 0 spiro atoms. The smallest absolute Gasteiger partial charge is 0.254 e. The molecule has 2 N–H and O–H groups in total. The molecule has 4 aromatic rings. The van der Waals surface area contributed by atoms with Crippen LogP contribution in [0.25, 0.3) is 0 Å². The molecule has 5 nitrogen and oxygen atoms in total. The van der Waals surface area contributed by atoms with Crippen molar-refractivity contribution in [2.75, 3.05) is 0 Å². The molecule has 0 aromatic heterocycles. The van der Waals surface area contributed by atoms with E-state index >= 15 is 0 Å². The first kappa shape index (κ1) is 30.9. The van der Waals surface area contributed by atoms with Crippen LogP contribution in [0.3, 0.4) is 0 Å². The molecule has 42 heavy (non-hydrogen) atoms. The third-order valence-electron chi connectivity index (χ3n) is 7.74. The number of benzene rings is 4. The zero-order chi connectivity index (χ0) is 30.3. The molecule has 0 atom stereocenters. The van der Waals surface area contributed by atoms with Gasteiger partial charge in [-0.1, -0.05) is 68.4 Å². The van der Waals surface area contributed by atoms with Crippen molar-refractivity contribution in [3.8, 4) is 11.5 Å². The van der Waals surface area contributed by atoms with Crippen molar-refractivity contribution < 1.29 is 14.3 Å². The van der Waals surface area contributed by atoms with E-state index in [0.717, 1.165) is 39.3 Å². The number of nitrogens with zero attached hydrogens (tertiary/aromatic N) is 1. The normalized spacial score (nSPS) is 11.5. The highest BCUT2D eigenvalue weighted by molar-refractivity contribution is 5.94. The third-order valence-corrected chi connectivity index (χ3v) is 7.74. The summed E-state index contributed by atoms with van der Waals surface area (Å²) < 4.78 is 12.1. The molecule has 0 fully saturated rings. The van der Waals surface area contributed by atoms with Gasteiger partial charge < -0.3 is 20.1 Å². The molecule has 0 aliphatic carbocycles. The van der Waals surface area contributed by atoms with Crippen molar-refractivity contribution in [1.29, 1.82) is 0 Å².